The summed E-state index contributed by atoms with van der Waals surface area (Å²) in [6.45, 7) is 0.695. The van der Waals surface area contributed by atoms with Gasteiger partial charge in [0.1, 0.15) is 18.2 Å². The molecular weight excluding hydrogens is 300 g/mol. The Labute approximate surface area is 127 Å². The van der Waals surface area contributed by atoms with Crippen LogP contribution in [0.4, 0.5) is 4.39 Å². The fraction of sp³-hybridized carbons (Fsp3) is 0.200. The molecule has 0 saturated heterocycles. The minimum absolute atomic E-state index is 0.266. The van der Waals surface area contributed by atoms with Crippen LogP contribution in [0.25, 0.3) is 0 Å². The van der Waals surface area contributed by atoms with Crippen LogP contribution in [-0.2, 0) is 13.0 Å². The highest BCUT2D eigenvalue weighted by Crippen LogP contribution is 2.27. The molecule has 0 atom stereocenters. The SMILES string of the molecule is NCCc1cc(F)ccc1OCc1cccc(Cl)c1Cl. The van der Waals surface area contributed by atoms with Crippen molar-refractivity contribution in [2.75, 3.05) is 6.54 Å². The van der Waals surface area contributed by atoms with Crippen molar-refractivity contribution in [3.63, 3.8) is 0 Å². The van der Waals surface area contributed by atoms with Crippen molar-refractivity contribution in [3.8, 4) is 5.75 Å². The van der Waals surface area contributed by atoms with E-state index in [1.165, 1.54) is 12.1 Å². The third-order valence-corrected chi connectivity index (χ3v) is 3.71. The molecule has 20 heavy (non-hydrogen) atoms. The second-order valence-corrected chi connectivity index (χ2v) is 5.08. The zero-order valence-electron chi connectivity index (χ0n) is 10.7. The molecule has 0 heterocycles. The lowest BCUT2D eigenvalue weighted by molar-refractivity contribution is 0.302. The molecule has 0 saturated carbocycles. The van der Waals surface area contributed by atoms with Gasteiger partial charge in [0.2, 0.25) is 0 Å². The summed E-state index contributed by atoms with van der Waals surface area (Å²) in [5, 5.41) is 0.950. The summed E-state index contributed by atoms with van der Waals surface area (Å²) in [6, 6.07) is 9.74. The van der Waals surface area contributed by atoms with Gasteiger partial charge < -0.3 is 10.5 Å². The Morgan fingerprint density at radius 1 is 1.10 bits per heavy atom. The number of ether oxygens (including phenoxy) is 1. The summed E-state index contributed by atoms with van der Waals surface area (Å²) >= 11 is 12.0. The Morgan fingerprint density at radius 3 is 2.65 bits per heavy atom. The van der Waals surface area contributed by atoms with Crippen molar-refractivity contribution in [2.24, 2.45) is 5.73 Å². The van der Waals surface area contributed by atoms with Crippen LogP contribution in [0.3, 0.4) is 0 Å². The van der Waals surface area contributed by atoms with E-state index < -0.39 is 0 Å². The van der Waals surface area contributed by atoms with E-state index in [9.17, 15) is 4.39 Å². The molecule has 5 heteroatoms. The van der Waals surface area contributed by atoms with E-state index in [2.05, 4.69) is 0 Å². The summed E-state index contributed by atoms with van der Waals surface area (Å²) in [5.74, 6) is 0.300. The van der Waals surface area contributed by atoms with Gasteiger partial charge in [0.25, 0.3) is 0 Å². The highest BCUT2D eigenvalue weighted by molar-refractivity contribution is 6.42. The van der Waals surface area contributed by atoms with Crippen molar-refractivity contribution in [1.29, 1.82) is 0 Å². The Kier molecular flexibility index (Phi) is 5.24. The van der Waals surface area contributed by atoms with Gasteiger partial charge in [0, 0.05) is 5.56 Å². The summed E-state index contributed by atoms with van der Waals surface area (Å²) in [5.41, 5.74) is 7.04. The summed E-state index contributed by atoms with van der Waals surface area (Å²) in [7, 11) is 0. The van der Waals surface area contributed by atoms with Crippen LogP contribution >= 0.6 is 23.2 Å². The molecule has 2 aromatic carbocycles. The van der Waals surface area contributed by atoms with Crippen molar-refractivity contribution in [1.82, 2.24) is 0 Å². The molecule has 0 spiro atoms. The third-order valence-electron chi connectivity index (χ3n) is 2.85. The molecular formula is C15H14Cl2FNO. The highest BCUT2D eigenvalue weighted by atomic mass is 35.5. The monoisotopic (exact) mass is 313 g/mol. The summed E-state index contributed by atoms with van der Waals surface area (Å²) in [6.07, 6.45) is 0.552. The maximum Gasteiger partial charge on any atom is 0.123 e. The first-order valence-electron chi connectivity index (χ1n) is 6.16. The van der Waals surface area contributed by atoms with Gasteiger partial charge in [0.15, 0.2) is 0 Å². The van der Waals surface area contributed by atoms with Crippen LogP contribution in [0.15, 0.2) is 36.4 Å². The highest BCUT2D eigenvalue weighted by Gasteiger charge is 2.08. The minimum atomic E-state index is -0.304. The maximum atomic E-state index is 13.2. The number of nitrogens with two attached hydrogens (primary N) is 1. The maximum absolute atomic E-state index is 13.2. The molecule has 0 amide bonds. The molecule has 0 aromatic heterocycles. The summed E-state index contributed by atoms with van der Waals surface area (Å²) < 4.78 is 18.9. The first kappa shape index (κ1) is 15.1. The zero-order valence-corrected chi connectivity index (χ0v) is 12.2. The van der Waals surface area contributed by atoms with Crippen LogP contribution in [0.1, 0.15) is 11.1 Å². The molecule has 0 aliphatic carbocycles. The van der Waals surface area contributed by atoms with Crippen LogP contribution in [0.2, 0.25) is 10.0 Å². The van der Waals surface area contributed by atoms with Crippen LogP contribution in [0, 0.1) is 5.82 Å². The number of halogens is 3. The lowest BCUT2D eigenvalue weighted by Crippen LogP contribution is -2.06. The van der Waals surface area contributed by atoms with Gasteiger partial charge >= 0.3 is 0 Å². The van der Waals surface area contributed by atoms with E-state index in [-0.39, 0.29) is 12.4 Å². The lowest BCUT2D eigenvalue weighted by atomic mass is 10.1. The average molecular weight is 314 g/mol. The standard InChI is InChI=1S/C15H14Cl2FNO/c16-13-3-1-2-11(15(13)17)9-20-14-5-4-12(18)8-10(14)6-7-19/h1-5,8H,6-7,9,19H2. The van der Waals surface area contributed by atoms with E-state index in [4.69, 9.17) is 33.7 Å². The number of hydrogen-bond donors (Lipinski definition) is 1. The second kappa shape index (κ2) is 6.93. The smallest absolute Gasteiger partial charge is 0.123 e. The Hall–Kier alpha value is -1.29. The first-order valence-corrected chi connectivity index (χ1v) is 6.91. The fourth-order valence-corrected chi connectivity index (χ4v) is 2.23. The molecule has 0 aliphatic heterocycles. The van der Waals surface area contributed by atoms with E-state index in [1.54, 1.807) is 18.2 Å². The Morgan fingerprint density at radius 2 is 1.90 bits per heavy atom. The topological polar surface area (TPSA) is 35.2 Å². The van der Waals surface area contributed by atoms with Crippen molar-refractivity contribution in [3.05, 3.63) is 63.4 Å². The normalized spacial score (nSPS) is 10.6. The number of hydrogen-bond acceptors (Lipinski definition) is 2. The van der Waals surface area contributed by atoms with Gasteiger partial charge in [-0.15, -0.1) is 0 Å². The lowest BCUT2D eigenvalue weighted by Gasteiger charge is -2.12. The van der Waals surface area contributed by atoms with Gasteiger partial charge in [0.05, 0.1) is 10.0 Å². The second-order valence-electron chi connectivity index (χ2n) is 4.29. The first-order chi connectivity index (χ1) is 9.61. The quantitative estimate of drug-likeness (QED) is 0.897. The zero-order chi connectivity index (χ0) is 14.5. The largest absolute Gasteiger partial charge is 0.489 e. The van der Waals surface area contributed by atoms with Crippen molar-refractivity contribution < 1.29 is 9.13 Å². The Balaban J connectivity index is 2.16. The molecule has 0 aliphatic rings. The van der Waals surface area contributed by atoms with Crippen LogP contribution in [0.5, 0.6) is 5.75 Å². The molecule has 2 nitrogen and oxygen atoms in total. The fourth-order valence-electron chi connectivity index (χ4n) is 1.86. The van der Waals surface area contributed by atoms with Crippen LogP contribution in [-0.4, -0.2) is 6.54 Å². The van der Waals surface area contributed by atoms with E-state index in [0.717, 1.165) is 11.1 Å². The van der Waals surface area contributed by atoms with Gasteiger partial charge in [-0.1, -0.05) is 35.3 Å². The minimum Gasteiger partial charge on any atom is -0.489 e. The molecule has 2 N–H and O–H groups in total. The predicted molar refractivity (Wildman–Crippen MR) is 80.0 cm³/mol. The Bertz CT molecular complexity index is 604. The number of rotatable bonds is 5. The molecule has 0 unspecified atom stereocenters. The molecule has 0 fully saturated rings. The molecule has 0 bridgehead atoms. The van der Waals surface area contributed by atoms with Gasteiger partial charge in [-0.2, -0.15) is 0 Å². The van der Waals surface area contributed by atoms with Crippen LogP contribution < -0.4 is 10.5 Å². The molecule has 106 valence electrons. The predicted octanol–water partition coefficient (Wildman–Crippen LogP) is 4.21. The van der Waals surface area contributed by atoms with Crippen molar-refractivity contribution in [2.45, 2.75) is 13.0 Å². The van der Waals surface area contributed by atoms with Gasteiger partial charge in [-0.3, -0.25) is 0 Å². The average Bonchev–Trinajstić information content (AvgIpc) is 2.42. The third kappa shape index (κ3) is 3.63. The molecule has 2 rings (SSSR count). The molecule has 0 radical (unpaired) electrons. The summed E-state index contributed by atoms with van der Waals surface area (Å²) in [4.78, 5) is 0. The van der Waals surface area contributed by atoms with E-state index in [0.29, 0.717) is 28.8 Å². The van der Waals surface area contributed by atoms with Crippen molar-refractivity contribution >= 4 is 23.2 Å². The molecule has 2 aromatic rings. The van der Waals surface area contributed by atoms with Gasteiger partial charge in [-0.05, 0) is 42.8 Å². The van der Waals surface area contributed by atoms with Gasteiger partial charge in [-0.25, -0.2) is 4.39 Å². The van der Waals surface area contributed by atoms with E-state index >= 15 is 0 Å². The van der Waals surface area contributed by atoms with E-state index in [1.807, 2.05) is 6.07 Å². The number of benzene rings is 2.